The smallest absolute Gasteiger partial charge is 0.156 e. The molecule has 1 fully saturated rings. The van der Waals surface area contributed by atoms with Crippen LogP contribution in [0.15, 0.2) is 30.6 Å². The second-order valence-electron chi connectivity index (χ2n) is 7.44. The average Bonchev–Trinajstić information content (AvgIpc) is 3.25. The third-order valence-electron chi connectivity index (χ3n) is 5.32. The molecule has 144 valence electrons. The standard InChI is InChI=1S/C20H20F2N6/c1-11-5-17(25-28-9-12(2)24-20(11)28)13-6-14-10-27(26-19(14)15(21)7-13)18-3-4-23-8-16(18)22/h5-7,9-10,16,18,23H,3-4,8H2,1-2H3/t16-,18?/m0/s1. The number of alkyl halides is 1. The summed E-state index contributed by atoms with van der Waals surface area (Å²) in [6.45, 7) is 4.88. The first-order chi connectivity index (χ1) is 13.5. The maximum absolute atomic E-state index is 14.8. The van der Waals surface area contributed by atoms with Crippen LogP contribution < -0.4 is 5.32 Å². The van der Waals surface area contributed by atoms with E-state index < -0.39 is 12.0 Å². The molecule has 2 atom stereocenters. The quantitative estimate of drug-likeness (QED) is 0.577. The SMILES string of the molecule is Cc1cn2nc(-c3cc(F)c4nn(C5CCNC[C@@H]5F)cc4c3)cc(C)c2n1. The first-order valence-electron chi connectivity index (χ1n) is 9.37. The van der Waals surface area contributed by atoms with Gasteiger partial charge in [0, 0.05) is 23.7 Å². The Labute approximate surface area is 160 Å². The lowest BCUT2D eigenvalue weighted by molar-refractivity contribution is 0.174. The number of aryl methyl sites for hydroxylation is 2. The minimum atomic E-state index is -1.04. The molecule has 6 nitrogen and oxygen atoms in total. The summed E-state index contributed by atoms with van der Waals surface area (Å²) < 4.78 is 32.4. The van der Waals surface area contributed by atoms with Gasteiger partial charge >= 0.3 is 0 Å². The van der Waals surface area contributed by atoms with Crippen LogP contribution in [0.25, 0.3) is 27.8 Å². The second kappa shape index (κ2) is 6.34. The van der Waals surface area contributed by atoms with Gasteiger partial charge < -0.3 is 5.32 Å². The largest absolute Gasteiger partial charge is 0.314 e. The second-order valence-corrected chi connectivity index (χ2v) is 7.44. The Bertz CT molecular complexity index is 1190. The molecule has 3 aromatic heterocycles. The molecule has 0 spiro atoms. The number of rotatable bonds is 2. The zero-order valence-electron chi connectivity index (χ0n) is 15.7. The molecule has 8 heteroatoms. The number of hydrogen-bond acceptors (Lipinski definition) is 4. The average molecular weight is 382 g/mol. The zero-order chi connectivity index (χ0) is 19.4. The number of nitrogens with one attached hydrogen (secondary N) is 1. The van der Waals surface area contributed by atoms with Crippen molar-refractivity contribution in [2.24, 2.45) is 0 Å². The van der Waals surface area contributed by atoms with E-state index in [4.69, 9.17) is 0 Å². The Morgan fingerprint density at radius 1 is 1.14 bits per heavy atom. The molecule has 1 saturated heterocycles. The monoisotopic (exact) mass is 382 g/mol. The predicted octanol–water partition coefficient (Wildman–Crippen LogP) is 3.37. The summed E-state index contributed by atoms with van der Waals surface area (Å²) in [5.41, 5.74) is 4.19. The molecule has 1 aliphatic rings. The number of fused-ring (bicyclic) bond motifs is 2. The van der Waals surface area contributed by atoms with E-state index in [0.29, 0.717) is 29.6 Å². The number of benzene rings is 1. The van der Waals surface area contributed by atoms with Gasteiger partial charge in [-0.3, -0.25) is 4.68 Å². The molecule has 1 aliphatic heterocycles. The third kappa shape index (κ3) is 2.75. The number of piperidine rings is 1. The van der Waals surface area contributed by atoms with Crippen LogP contribution in [0.3, 0.4) is 0 Å². The van der Waals surface area contributed by atoms with Gasteiger partial charge in [0.05, 0.1) is 23.6 Å². The summed E-state index contributed by atoms with van der Waals surface area (Å²) >= 11 is 0. The topological polar surface area (TPSA) is 60.0 Å². The molecule has 0 amide bonds. The zero-order valence-corrected chi connectivity index (χ0v) is 15.7. The summed E-state index contributed by atoms with van der Waals surface area (Å²) in [6.07, 6.45) is 3.16. The number of halogens is 2. The van der Waals surface area contributed by atoms with Gasteiger partial charge in [-0.1, -0.05) is 0 Å². The van der Waals surface area contributed by atoms with Crippen molar-refractivity contribution in [3.05, 3.63) is 47.7 Å². The summed E-state index contributed by atoms with van der Waals surface area (Å²) in [7, 11) is 0. The van der Waals surface area contributed by atoms with Crippen molar-refractivity contribution in [3.63, 3.8) is 0 Å². The highest BCUT2D eigenvalue weighted by atomic mass is 19.1. The Morgan fingerprint density at radius 2 is 2.00 bits per heavy atom. The molecule has 4 aromatic rings. The molecule has 28 heavy (non-hydrogen) atoms. The number of nitrogens with zero attached hydrogens (tertiary/aromatic N) is 5. The van der Waals surface area contributed by atoms with E-state index in [1.165, 1.54) is 6.07 Å². The van der Waals surface area contributed by atoms with Crippen molar-refractivity contribution in [2.75, 3.05) is 13.1 Å². The van der Waals surface area contributed by atoms with Crippen LogP contribution in [0.4, 0.5) is 8.78 Å². The highest BCUT2D eigenvalue weighted by Crippen LogP contribution is 2.29. The van der Waals surface area contributed by atoms with Crippen LogP contribution in [0.2, 0.25) is 0 Å². The molecule has 0 aliphatic carbocycles. The molecule has 5 rings (SSSR count). The number of hydrogen-bond donors (Lipinski definition) is 1. The van der Waals surface area contributed by atoms with Crippen LogP contribution in [0, 0.1) is 19.7 Å². The first kappa shape index (κ1) is 17.2. The van der Waals surface area contributed by atoms with E-state index in [-0.39, 0.29) is 11.6 Å². The van der Waals surface area contributed by atoms with Crippen molar-refractivity contribution >= 4 is 16.6 Å². The Kier molecular flexibility index (Phi) is 3.90. The summed E-state index contributed by atoms with van der Waals surface area (Å²) in [5, 5.41) is 12.6. The van der Waals surface area contributed by atoms with E-state index >= 15 is 0 Å². The fourth-order valence-electron chi connectivity index (χ4n) is 3.92. The van der Waals surface area contributed by atoms with Crippen LogP contribution in [0.5, 0.6) is 0 Å². The predicted molar refractivity (Wildman–Crippen MR) is 103 cm³/mol. The Hall–Kier alpha value is -2.87. The van der Waals surface area contributed by atoms with Gasteiger partial charge in [-0.2, -0.15) is 10.2 Å². The minimum Gasteiger partial charge on any atom is -0.314 e. The molecule has 0 bridgehead atoms. The van der Waals surface area contributed by atoms with Crippen LogP contribution in [-0.2, 0) is 0 Å². The lowest BCUT2D eigenvalue weighted by Gasteiger charge is -2.26. The van der Waals surface area contributed by atoms with Crippen molar-refractivity contribution in [1.29, 1.82) is 0 Å². The van der Waals surface area contributed by atoms with Crippen LogP contribution in [0.1, 0.15) is 23.7 Å². The Balaban J connectivity index is 1.61. The first-order valence-corrected chi connectivity index (χ1v) is 9.37. The highest BCUT2D eigenvalue weighted by molar-refractivity contribution is 5.84. The fourth-order valence-corrected chi connectivity index (χ4v) is 3.92. The van der Waals surface area contributed by atoms with Crippen molar-refractivity contribution < 1.29 is 8.78 Å². The maximum Gasteiger partial charge on any atom is 0.156 e. The number of imidazole rings is 1. The van der Waals surface area contributed by atoms with Gasteiger partial charge in [-0.05, 0) is 50.6 Å². The van der Waals surface area contributed by atoms with E-state index in [1.54, 1.807) is 15.4 Å². The van der Waals surface area contributed by atoms with E-state index in [0.717, 1.165) is 23.4 Å². The number of aromatic nitrogens is 5. The van der Waals surface area contributed by atoms with Gasteiger partial charge in [-0.15, -0.1) is 0 Å². The molecule has 1 aromatic carbocycles. The summed E-state index contributed by atoms with van der Waals surface area (Å²) in [4.78, 5) is 4.45. The highest BCUT2D eigenvalue weighted by Gasteiger charge is 2.27. The van der Waals surface area contributed by atoms with Crippen molar-refractivity contribution in [2.45, 2.75) is 32.5 Å². The molecular formula is C20H20F2N6. The summed E-state index contributed by atoms with van der Waals surface area (Å²) in [5.74, 6) is -0.433. The fraction of sp³-hybridized carbons (Fsp3) is 0.350. The van der Waals surface area contributed by atoms with Crippen LogP contribution in [-0.4, -0.2) is 43.6 Å². The van der Waals surface area contributed by atoms with Gasteiger partial charge in [0.25, 0.3) is 0 Å². The Morgan fingerprint density at radius 3 is 2.82 bits per heavy atom. The van der Waals surface area contributed by atoms with Gasteiger partial charge in [0.2, 0.25) is 0 Å². The normalized spacial score (nSPS) is 20.3. The molecular weight excluding hydrogens is 362 g/mol. The molecule has 0 saturated carbocycles. The third-order valence-corrected chi connectivity index (χ3v) is 5.32. The molecule has 1 N–H and O–H groups in total. The summed E-state index contributed by atoms with van der Waals surface area (Å²) in [6, 6.07) is 4.82. The van der Waals surface area contributed by atoms with Crippen molar-refractivity contribution in [1.82, 2.24) is 29.7 Å². The lowest BCUT2D eigenvalue weighted by Crippen LogP contribution is -2.39. The van der Waals surface area contributed by atoms with Gasteiger partial charge in [-0.25, -0.2) is 18.3 Å². The molecule has 4 heterocycles. The maximum atomic E-state index is 14.8. The van der Waals surface area contributed by atoms with E-state index in [2.05, 4.69) is 20.5 Å². The van der Waals surface area contributed by atoms with Gasteiger partial charge in [0.1, 0.15) is 11.7 Å². The molecule has 0 radical (unpaired) electrons. The van der Waals surface area contributed by atoms with Gasteiger partial charge in [0.15, 0.2) is 11.5 Å². The van der Waals surface area contributed by atoms with E-state index in [1.807, 2.05) is 32.2 Å². The molecule has 1 unspecified atom stereocenters. The lowest BCUT2D eigenvalue weighted by atomic mass is 10.1. The minimum absolute atomic E-state index is 0.255. The van der Waals surface area contributed by atoms with Crippen molar-refractivity contribution in [3.8, 4) is 11.3 Å². The van der Waals surface area contributed by atoms with Crippen LogP contribution >= 0.6 is 0 Å². The van der Waals surface area contributed by atoms with E-state index in [9.17, 15) is 8.78 Å².